The number of carbonyl (C=O) groups excluding carboxylic acids is 1. The van der Waals surface area contributed by atoms with Crippen LogP contribution in [0.25, 0.3) is 10.9 Å². The maximum absolute atomic E-state index is 14.1. The molecule has 2 aromatic rings. The summed E-state index contributed by atoms with van der Waals surface area (Å²) in [6.45, 7) is 3.25. The Morgan fingerprint density at radius 3 is 2.96 bits per heavy atom. The van der Waals surface area contributed by atoms with Gasteiger partial charge >= 0.3 is 0 Å². The summed E-state index contributed by atoms with van der Waals surface area (Å²) in [6.07, 6.45) is 0. The molecule has 25 heavy (non-hydrogen) atoms. The lowest BCUT2D eigenvalue weighted by Crippen LogP contribution is -2.46. The fourth-order valence-corrected chi connectivity index (χ4v) is 3.83. The Balaban J connectivity index is 1.74. The van der Waals surface area contributed by atoms with Gasteiger partial charge in [-0.3, -0.25) is 9.59 Å². The number of halogens is 1. The summed E-state index contributed by atoms with van der Waals surface area (Å²) in [6, 6.07) is 5.50. The van der Waals surface area contributed by atoms with E-state index in [-0.39, 0.29) is 39.9 Å². The topological polar surface area (TPSA) is 65.6 Å². The molecule has 0 aliphatic carbocycles. The molecule has 2 aliphatic rings. The van der Waals surface area contributed by atoms with E-state index < -0.39 is 5.82 Å². The highest BCUT2D eigenvalue weighted by Crippen LogP contribution is 2.21. The average Bonchev–Trinajstić information content (AvgIpc) is 2.85. The Labute approximate surface area is 144 Å². The van der Waals surface area contributed by atoms with Crippen molar-refractivity contribution in [2.24, 2.45) is 5.92 Å². The second kappa shape index (κ2) is 6.24. The first kappa shape index (κ1) is 16.2. The Morgan fingerprint density at radius 1 is 1.28 bits per heavy atom. The van der Waals surface area contributed by atoms with Gasteiger partial charge in [-0.15, -0.1) is 0 Å². The first-order valence-corrected chi connectivity index (χ1v) is 8.41. The zero-order valence-electron chi connectivity index (χ0n) is 14.0. The van der Waals surface area contributed by atoms with Crippen LogP contribution >= 0.6 is 0 Å². The third kappa shape index (κ3) is 2.94. The van der Waals surface area contributed by atoms with Crippen molar-refractivity contribution in [3.8, 4) is 0 Å². The number of H-pyrrole nitrogens is 1. The van der Waals surface area contributed by atoms with Gasteiger partial charge in [0, 0.05) is 37.0 Å². The van der Waals surface area contributed by atoms with E-state index in [4.69, 9.17) is 4.74 Å². The highest BCUT2D eigenvalue weighted by atomic mass is 19.1. The molecule has 1 aromatic carbocycles. The first-order chi connectivity index (χ1) is 12.0. The molecule has 132 valence electrons. The predicted octanol–water partition coefficient (Wildman–Crippen LogP) is 1.07. The Bertz CT molecular complexity index is 881. The smallest absolute Gasteiger partial charge is 0.270 e. The molecule has 3 heterocycles. The van der Waals surface area contributed by atoms with Crippen LogP contribution in [0.2, 0.25) is 0 Å². The monoisotopic (exact) mass is 345 g/mol. The number of para-hydroxylation sites is 1. The lowest BCUT2D eigenvalue weighted by atomic mass is 10.1. The normalized spacial score (nSPS) is 24.3. The predicted molar refractivity (Wildman–Crippen MR) is 91.2 cm³/mol. The molecule has 7 heteroatoms. The minimum absolute atomic E-state index is 0.0736. The quantitative estimate of drug-likeness (QED) is 0.840. The first-order valence-electron chi connectivity index (χ1n) is 8.41. The number of hydrogen-bond donors (Lipinski definition) is 1. The van der Waals surface area contributed by atoms with E-state index in [2.05, 4.69) is 9.88 Å². The maximum Gasteiger partial charge on any atom is 0.270 e. The van der Waals surface area contributed by atoms with E-state index in [1.54, 1.807) is 11.0 Å². The number of aromatic nitrogens is 1. The van der Waals surface area contributed by atoms with Crippen LogP contribution in [0.15, 0.2) is 29.1 Å². The van der Waals surface area contributed by atoms with Gasteiger partial charge in [-0.25, -0.2) is 4.39 Å². The van der Waals surface area contributed by atoms with E-state index in [1.807, 2.05) is 7.05 Å². The number of aromatic amines is 1. The Hall–Kier alpha value is -2.25. The van der Waals surface area contributed by atoms with Crippen LogP contribution in [-0.2, 0) is 4.74 Å². The molecule has 1 aromatic heterocycles. The SMILES string of the molecule is CN1C[C@@H]2COC[C@H](C1)N(C(=O)c1cc(=O)c3cccc(F)c3[nH]1)C2. The van der Waals surface area contributed by atoms with E-state index in [9.17, 15) is 14.0 Å². The summed E-state index contributed by atoms with van der Waals surface area (Å²) < 4.78 is 19.7. The average molecular weight is 345 g/mol. The molecule has 6 nitrogen and oxygen atoms in total. The van der Waals surface area contributed by atoms with Crippen molar-refractivity contribution in [1.29, 1.82) is 0 Å². The van der Waals surface area contributed by atoms with E-state index in [1.165, 1.54) is 18.2 Å². The number of amides is 1. The molecule has 2 saturated heterocycles. The Morgan fingerprint density at radius 2 is 2.12 bits per heavy atom. The van der Waals surface area contributed by atoms with Crippen molar-refractivity contribution in [2.75, 3.05) is 39.9 Å². The third-order valence-corrected chi connectivity index (χ3v) is 4.96. The second-order valence-corrected chi connectivity index (χ2v) is 6.95. The number of nitrogens with zero attached hydrogens (tertiary/aromatic N) is 2. The van der Waals surface area contributed by atoms with Gasteiger partial charge in [0.2, 0.25) is 0 Å². The van der Waals surface area contributed by atoms with Crippen LogP contribution < -0.4 is 5.43 Å². The van der Waals surface area contributed by atoms with Crippen molar-refractivity contribution < 1.29 is 13.9 Å². The van der Waals surface area contributed by atoms with Gasteiger partial charge in [0.1, 0.15) is 11.5 Å². The zero-order valence-corrected chi connectivity index (χ0v) is 14.0. The van der Waals surface area contributed by atoms with Crippen LogP contribution in [-0.4, -0.2) is 66.6 Å². The van der Waals surface area contributed by atoms with Crippen LogP contribution in [0.5, 0.6) is 0 Å². The molecule has 0 radical (unpaired) electrons. The molecule has 1 amide bonds. The fraction of sp³-hybridized carbons (Fsp3) is 0.444. The molecule has 2 fully saturated rings. The summed E-state index contributed by atoms with van der Waals surface area (Å²) in [5, 5.41) is 0.245. The molecule has 0 saturated carbocycles. The molecule has 1 N–H and O–H groups in total. The number of likely N-dealkylation sites (N-methyl/N-ethyl adjacent to an activating group) is 1. The summed E-state index contributed by atoms with van der Waals surface area (Å²) in [7, 11) is 2.03. The highest BCUT2D eigenvalue weighted by molar-refractivity contribution is 5.95. The molecule has 0 unspecified atom stereocenters. The third-order valence-electron chi connectivity index (χ3n) is 4.96. The highest BCUT2D eigenvalue weighted by Gasteiger charge is 2.35. The van der Waals surface area contributed by atoms with Crippen LogP contribution in [0.3, 0.4) is 0 Å². The molecule has 4 rings (SSSR count). The molecule has 2 atom stereocenters. The van der Waals surface area contributed by atoms with Crippen LogP contribution in [0.4, 0.5) is 4.39 Å². The van der Waals surface area contributed by atoms with Gasteiger partial charge in [-0.1, -0.05) is 6.07 Å². The van der Waals surface area contributed by atoms with Gasteiger partial charge in [0.15, 0.2) is 5.43 Å². The largest absolute Gasteiger partial charge is 0.379 e. The fourth-order valence-electron chi connectivity index (χ4n) is 3.83. The van der Waals surface area contributed by atoms with Crippen molar-refractivity contribution in [2.45, 2.75) is 6.04 Å². The standard InChI is InChI=1S/C18H20FN3O3/c1-21-6-11-7-22(12(8-21)10-25-9-11)18(24)15-5-16(23)13-3-2-4-14(19)17(13)20-15/h2-5,11-12H,6-10H2,1H3,(H,20,23)/t11-,12-/m0/s1. The number of pyridine rings is 1. The van der Waals surface area contributed by atoms with E-state index in [0.717, 1.165) is 6.54 Å². The van der Waals surface area contributed by atoms with Crippen molar-refractivity contribution in [3.63, 3.8) is 0 Å². The number of carbonyl (C=O) groups is 1. The molecular formula is C18H20FN3O3. The second-order valence-electron chi connectivity index (χ2n) is 6.95. The summed E-state index contributed by atoms with van der Waals surface area (Å²) in [5.74, 6) is -0.592. The number of ether oxygens (including phenoxy) is 1. The maximum atomic E-state index is 14.1. The van der Waals surface area contributed by atoms with E-state index in [0.29, 0.717) is 26.3 Å². The van der Waals surface area contributed by atoms with Crippen molar-refractivity contribution >= 4 is 16.8 Å². The lowest BCUT2D eigenvalue weighted by molar-refractivity contribution is 0.0480. The summed E-state index contributed by atoms with van der Waals surface area (Å²) in [5.41, 5.74) is -0.162. The van der Waals surface area contributed by atoms with Gasteiger partial charge in [0.05, 0.1) is 24.8 Å². The van der Waals surface area contributed by atoms with Crippen molar-refractivity contribution in [1.82, 2.24) is 14.8 Å². The zero-order chi connectivity index (χ0) is 17.6. The molecule has 2 bridgehead atoms. The number of rotatable bonds is 1. The lowest BCUT2D eigenvalue weighted by Gasteiger charge is -2.29. The molecular weight excluding hydrogens is 325 g/mol. The molecule has 0 spiro atoms. The van der Waals surface area contributed by atoms with Crippen LogP contribution in [0, 0.1) is 11.7 Å². The summed E-state index contributed by atoms with van der Waals surface area (Å²) >= 11 is 0. The molecule has 2 aliphatic heterocycles. The van der Waals surface area contributed by atoms with E-state index >= 15 is 0 Å². The van der Waals surface area contributed by atoms with Gasteiger partial charge in [-0.05, 0) is 19.2 Å². The minimum Gasteiger partial charge on any atom is -0.379 e. The van der Waals surface area contributed by atoms with Gasteiger partial charge < -0.3 is 19.5 Å². The number of nitrogens with one attached hydrogen (secondary N) is 1. The minimum atomic E-state index is -0.540. The Kier molecular flexibility index (Phi) is 4.05. The number of benzene rings is 1. The number of hydrogen-bond acceptors (Lipinski definition) is 4. The van der Waals surface area contributed by atoms with Gasteiger partial charge in [-0.2, -0.15) is 0 Å². The summed E-state index contributed by atoms with van der Waals surface area (Å²) in [4.78, 5) is 32.2. The van der Waals surface area contributed by atoms with Crippen LogP contribution in [0.1, 0.15) is 10.5 Å². The number of fused-ring (bicyclic) bond motifs is 4. The van der Waals surface area contributed by atoms with Gasteiger partial charge in [0.25, 0.3) is 5.91 Å². The van der Waals surface area contributed by atoms with Crippen molar-refractivity contribution in [3.05, 3.63) is 46.0 Å².